The summed E-state index contributed by atoms with van der Waals surface area (Å²) in [4.78, 5) is 44.3. The van der Waals surface area contributed by atoms with Crippen molar-refractivity contribution in [3.63, 3.8) is 0 Å². The minimum atomic E-state index is -0.703. The number of benzene rings is 2. The third-order valence-electron chi connectivity index (χ3n) is 5.21. The van der Waals surface area contributed by atoms with Crippen molar-refractivity contribution < 1.29 is 14.3 Å². The van der Waals surface area contributed by atoms with Gasteiger partial charge in [-0.3, -0.25) is 9.36 Å². The number of hydrogen-bond donors (Lipinski definition) is 0. The van der Waals surface area contributed by atoms with Gasteiger partial charge in [-0.25, -0.2) is 19.1 Å². The van der Waals surface area contributed by atoms with Gasteiger partial charge >= 0.3 is 11.7 Å². The molecule has 0 bridgehead atoms. The van der Waals surface area contributed by atoms with Crippen molar-refractivity contribution in [3.05, 3.63) is 97.3 Å². The Hall–Kier alpha value is -3.91. The standard InChI is InChI=1S/C24H20ClN3O5/c1-14-12-17(23(30)33-3)20-21(26-14)28(18-6-4-5-7-19(18)32-2)24(31)27(22(20)29)13-15-8-10-16(25)11-9-15/h4-12H,13H2,1-3H3. The van der Waals surface area contributed by atoms with Crippen molar-refractivity contribution in [1.29, 1.82) is 0 Å². The number of hydrogen-bond acceptors (Lipinski definition) is 6. The first kappa shape index (κ1) is 22.3. The van der Waals surface area contributed by atoms with Gasteiger partial charge in [0.05, 0.1) is 37.4 Å². The SMILES string of the molecule is COC(=O)c1cc(C)nc2c1c(=O)n(Cc1ccc(Cl)cc1)c(=O)n2-c1ccccc1OC. The van der Waals surface area contributed by atoms with Gasteiger partial charge in [0, 0.05) is 10.7 Å². The van der Waals surface area contributed by atoms with Gasteiger partial charge in [0.25, 0.3) is 5.56 Å². The first-order chi connectivity index (χ1) is 15.8. The van der Waals surface area contributed by atoms with Crippen molar-refractivity contribution in [1.82, 2.24) is 14.1 Å². The number of rotatable bonds is 5. The molecule has 0 amide bonds. The summed E-state index contributed by atoms with van der Waals surface area (Å²) in [6, 6.07) is 15.1. The Bertz CT molecular complexity index is 1490. The summed E-state index contributed by atoms with van der Waals surface area (Å²) in [5.41, 5.74) is 0.310. The zero-order valence-corrected chi connectivity index (χ0v) is 18.9. The number of para-hydroxylation sites is 2. The van der Waals surface area contributed by atoms with Gasteiger partial charge in [-0.2, -0.15) is 0 Å². The predicted octanol–water partition coefficient (Wildman–Crippen LogP) is 3.35. The highest BCUT2D eigenvalue weighted by molar-refractivity contribution is 6.30. The van der Waals surface area contributed by atoms with Gasteiger partial charge in [0.15, 0.2) is 5.65 Å². The number of esters is 1. The van der Waals surface area contributed by atoms with E-state index in [2.05, 4.69) is 4.98 Å². The molecule has 2 heterocycles. The summed E-state index contributed by atoms with van der Waals surface area (Å²) in [6.07, 6.45) is 0. The van der Waals surface area contributed by atoms with Crippen LogP contribution in [0.3, 0.4) is 0 Å². The monoisotopic (exact) mass is 465 g/mol. The van der Waals surface area contributed by atoms with Crippen LogP contribution in [0.15, 0.2) is 64.2 Å². The highest BCUT2D eigenvalue weighted by Gasteiger charge is 2.24. The van der Waals surface area contributed by atoms with Crippen LogP contribution in [0.1, 0.15) is 21.6 Å². The van der Waals surface area contributed by atoms with Crippen LogP contribution in [0, 0.1) is 6.92 Å². The smallest absolute Gasteiger partial charge is 0.338 e. The Balaban J connectivity index is 2.16. The van der Waals surface area contributed by atoms with E-state index < -0.39 is 17.2 Å². The molecule has 4 rings (SSSR count). The van der Waals surface area contributed by atoms with E-state index in [0.717, 1.165) is 4.57 Å². The molecule has 0 aliphatic heterocycles. The molecule has 0 N–H and O–H groups in total. The van der Waals surface area contributed by atoms with Crippen LogP contribution in [0.2, 0.25) is 5.02 Å². The average Bonchev–Trinajstić information content (AvgIpc) is 2.82. The number of ether oxygens (including phenoxy) is 2. The molecule has 0 saturated carbocycles. The Morgan fingerprint density at radius 2 is 1.76 bits per heavy atom. The number of halogens is 1. The van der Waals surface area contributed by atoms with E-state index in [1.165, 1.54) is 24.9 Å². The molecule has 168 valence electrons. The normalized spacial score (nSPS) is 10.9. The maximum Gasteiger partial charge on any atom is 0.338 e. The second-order valence-corrected chi connectivity index (χ2v) is 7.75. The van der Waals surface area contributed by atoms with Crippen molar-refractivity contribution >= 4 is 28.6 Å². The van der Waals surface area contributed by atoms with Crippen molar-refractivity contribution in [2.24, 2.45) is 0 Å². The Labute approximate surface area is 193 Å². The Morgan fingerprint density at radius 1 is 1.06 bits per heavy atom. The van der Waals surface area contributed by atoms with Gasteiger partial charge in [-0.15, -0.1) is 0 Å². The van der Waals surface area contributed by atoms with Crippen LogP contribution < -0.4 is 16.0 Å². The van der Waals surface area contributed by atoms with Crippen LogP contribution in [-0.4, -0.2) is 34.3 Å². The van der Waals surface area contributed by atoms with Crippen LogP contribution in [0.4, 0.5) is 0 Å². The Kier molecular flexibility index (Phi) is 6.02. The number of pyridine rings is 1. The maximum absolute atomic E-state index is 13.7. The van der Waals surface area contributed by atoms with Crippen LogP contribution in [-0.2, 0) is 11.3 Å². The number of aromatic nitrogens is 3. The largest absolute Gasteiger partial charge is 0.495 e. The van der Waals surface area contributed by atoms with E-state index in [0.29, 0.717) is 27.7 Å². The number of methoxy groups -OCH3 is 2. The number of nitrogens with zero attached hydrogens (tertiary/aromatic N) is 3. The van der Waals surface area contributed by atoms with Crippen molar-refractivity contribution in [3.8, 4) is 11.4 Å². The summed E-state index contributed by atoms with van der Waals surface area (Å²) in [5.74, 6) is -0.300. The molecule has 2 aromatic heterocycles. The van der Waals surface area contributed by atoms with E-state index in [1.54, 1.807) is 55.5 Å². The molecule has 4 aromatic rings. The summed E-state index contributed by atoms with van der Waals surface area (Å²) < 4.78 is 12.7. The van der Waals surface area contributed by atoms with E-state index >= 15 is 0 Å². The predicted molar refractivity (Wildman–Crippen MR) is 125 cm³/mol. The third-order valence-corrected chi connectivity index (χ3v) is 5.46. The molecule has 0 fully saturated rings. The van der Waals surface area contributed by atoms with E-state index in [1.807, 2.05) is 0 Å². The fourth-order valence-corrected chi connectivity index (χ4v) is 3.80. The summed E-state index contributed by atoms with van der Waals surface area (Å²) >= 11 is 5.97. The highest BCUT2D eigenvalue weighted by atomic mass is 35.5. The fraction of sp³-hybridized carbons (Fsp3) is 0.167. The van der Waals surface area contributed by atoms with Gasteiger partial charge < -0.3 is 9.47 Å². The number of carbonyl (C=O) groups excluding carboxylic acids is 1. The number of fused-ring (bicyclic) bond motifs is 1. The number of carbonyl (C=O) groups is 1. The molecule has 0 saturated heterocycles. The van der Waals surface area contributed by atoms with Crippen molar-refractivity contribution in [2.45, 2.75) is 13.5 Å². The Morgan fingerprint density at radius 3 is 2.42 bits per heavy atom. The second-order valence-electron chi connectivity index (χ2n) is 7.31. The zero-order valence-electron chi connectivity index (χ0n) is 18.2. The molecule has 0 unspecified atom stereocenters. The van der Waals surface area contributed by atoms with Gasteiger partial charge in [0.2, 0.25) is 0 Å². The summed E-state index contributed by atoms with van der Waals surface area (Å²) in [5, 5.41) is 0.510. The van der Waals surface area contributed by atoms with E-state index in [-0.39, 0.29) is 23.1 Å². The van der Waals surface area contributed by atoms with Gasteiger partial charge in [0.1, 0.15) is 5.75 Å². The molecule has 0 radical (unpaired) electrons. The fourth-order valence-electron chi connectivity index (χ4n) is 3.68. The first-order valence-electron chi connectivity index (χ1n) is 9.99. The van der Waals surface area contributed by atoms with Crippen LogP contribution >= 0.6 is 11.6 Å². The molecule has 0 aliphatic rings. The minimum absolute atomic E-state index is 0.0214. The lowest BCUT2D eigenvalue weighted by Crippen LogP contribution is -2.41. The maximum atomic E-state index is 13.7. The van der Waals surface area contributed by atoms with Gasteiger partial charge in [-0.1, -0.05) is 35.9 Å². The molecule has 8 nitrogen and oxygen atoms in total. The average molecular weight is 466 g/mol. The van der Waals surface area contributed by atoms with Crippen LogP contribution in [0.5, 0.6) is 5.75 Å². The lowest BCUT2D eigenvalue weighted by molar-refractivity contribution is 0.0602. The van der Waals surface area contributed by atoms with E-state index in [4.69, 9.17) is 21.1 Å². The molecule has 0 atom stereocenters. The summed E-state index contributed by atoms with van der Waals surface area (Å²) in [6.45, 7) is 1.64. The first-order valence-corrected chi connectivity index (χ1v) is 10.4. The quantitative estimate of drug-likeness (QED) is 0.420. The topological polar surface area (TPSA) is 92.4 Å². The summed E-state index contributed by atoms with van der Waals surface area (Å²) in [7, 11) is 2.71. The number of aryl methyl sites for hydroxylation is 1. The lowest BCUT2D eigenvalue weighted by atomic mass is 10.1. The molecule has 9 heteroatoms. The molecule has 2 aromatic carbocycles. The van der Waals surface area contributed by atoms with Gasteiger partial charge in [-0.05, 0) is 42.8 Å². The second kappa shape index (κ2) is 8.91. The van der Waals surface area contributed by atoms with E-state index in [9.17, 15) is 14.4 Å². The zero-order chi connectivity index (χ0) is 23.7. The lowest BCUT2D eigenvalue weighted by Gasteiger charge is -2.17. The highest BCUT2D eigenvalue weighted by Crippen LogP contribution is 2.25. The molecule has 0 spiro atoms. The van der Waals surface area contributed by atoms with Crippen LogP contribution in [0.25, 0.3) is 16.7 Å². The molecular formula is C24H20ClN3O5. The minimum Gasteiger partial charge on any atom is -0.495 e. The molecular weight excluding hydrogens is 446 g/mol. The third kappa shape index (κ3) is 4.01. The molecule has 33 heavy (non-hydrogen) atoms. The van der Waals surface area contributed by atoms with Crippen molar-refractivity contribution in [2.75, 3.05) is 14.2 Å². The molecule has 0 aliphatic carbocycles.